The summed E-state index contributed by atoms with van der Waals surface area (Å²) in [5.41, 5.74) is 0.984. The Balaban J connectivity index is 1.37. The van der Waals surface area contributed by atoms with E-state index in [-0.39, 0.29) is 11.8 Å². The molecule has 1 amide bonds. The van der Waals surface area contributed by atoms with Crippen LogP contribution in [0.2, 0.25) is 0 Å². The number of piperidine rings is 1. The molecule has 1 aromatic rings. The molecule has 6 heteroatoms. The van der Waals surface area contributed by atoms with Crippen molar-refractivity contribution in [3.63, 3.8) is 0 Å². The Labute approximate surface area is 131 Å². The molecular formula is C16H26N4O2. The lowest BCUT2D eigenvalue weighted by Gasteiger charge is -2.32. The third-order valence-corrected chi connectivity index (χ3v) is 4.86. The van der Waals surface area contributed by atoms with Crippen LogP contribution in [-0.2, 0) is 11.3 Å². The summed E-state index contributed by atoms with van der Waals surface area (Å²) in [6, 6.07) is 0. The van der Waals surface area contributed by atoms with Crippen molar-refractivity contribution in [2.24, 2.45) is 11.8 Å². The minimum absolute atomic E-state index is 0.191. The zero-order chi connectivity index (χ0) is 15.5. The van der Waals surface area contributed by atoms with E-state index in [1.54, 1.807) is 0 Å². The van der Waals surface area contributed by atoms with E-state index < -0.39 is 0 Å². The first-order chi connectivity index (χ1) is 10.6. The molecule has 22 heavy (non-hydrogen) atoms. The first-order valence-corrected chi connectivity index (χ1v) is 8.25. The van der Waals surface area contributed by atoms with Gasteiger partial charge in [-0.25, -0.2) is 4.98 Å². The molecule has 6 nitrogen and oxygen atoms in total. The summed E-state index contributed by atoms with van der Waals surface area (Å²) in [7, 11) is 0. The minimum Gasteiger partial charge on any atom is -0.444 e. The van der Waals surface area contributed by atoms with Crippen molar-refractivity contribution in [2.45, 2.75) is 33.2 Å². The number of hydrogen-bond acceptors (Lipinski definition) is 5. The molecule has 2 N–H and O–H groups in total. The lowest BCUT2D eigenvalue weighted by molar-refractivity contribution is -0.126. The highest BCUT2D eigenvalue weighted by Crippen LogP contribution is 2.19. The van der Waals surface area contributed by atoms with E-state index in [0.717, 1.165) is 69.5 Å². The van der Waals surface area contributed by atoms with Crippen molar-refractivity contribution >= 4 is 5.91 Å². The van der Waals surface area contributed by atoms with Crippen LogP contribution in [0.15, 0.2) is 4.42 Å². The van der Waals surface area contributed by atoms with Gasteiger partial charge in [-0.05, 0) is 45.7 Å². The number of nitrogens with one attached hydrogen (secondary N) is 2. The van der Waals surface area contributed by atoms with Crippen LogP contribution in [0, 0.1) is 25.7 Å². The van der Waals surface area contributed by atoms with E-state index in [4.69, 9.17) is 4.42 Å². The number of amides is 1. The molecule has 0 spiro atoms. The fourth-order valence-corrected chi connectivity index (χ4v) is 3.01. The maximum absolute atomic E-state index is 11.8. The smallest absolute Gasteiger partial charge is 0.225 e. The van der Waals surface area contributed by atoms with Crippen molar-refractivity contribution in [2.75, 3.05) is 32.7 Å². The summed E-state index contributed by atoms with van der Waals surface area (Å²) in [5, 5.41) is 6.23. The van der Waals surface area contributed by atoms with Crippen LogP contribution in [-0.4, -0.2) is 48.5 Å². The number of aryl methyl sites for hydroxylation is 2. The molecule has 0 aromatic carbocycles. The molecule has 0 saturated carbocycles. The van der Waals surface area contributed by atoms with Crippen LogP contribution in [0.5, 0.6) is 0 Å². The van der Waals surface area contributed by atoms with Gasteiger partial charge >= 0.3 is 0 Å². The monoisotopic (exact) mass is 306 g/mol. The summed E-state index contributed by atoms with van der Waals surface area (Å²) >= 11 is 0. The van der Waals surface area contributed by atoms with Gasteiger partial charge < -0.3 is 15.1 Å². The maximum atomic E-state index is 11.8. The van der Waals surface area contributed by atoms with Crippen LogP contribution >= 0.6 is 0 Å². The third kappa shape index (κ3) is 3.67. The first kappa shape index (κ1) is 15.5. The quantitative estimate of drug-likeness (QED) is 0.843. The van der Waals surface area contributed by atoms with Crippen molar-refractivity contribution < 1.29 is 9.21 Å². The Morgan fingerprint density at radius 3 is 2.64 bits per heavy atom. The molecule has 2 aliphatic rings. The molecule has 3 heterocycles. The van der Waals surface area contributed by atoms with Crippen molar-refractivity contribution in [1.82, 2.24) is 20.5 Å². The highest BCUT2D eigenvalue weighted by atomic mass is 16.4. The van der Waals surface area contributed by atoms with Gasteiger partial charge in [0, 0.05) is 19.6 Å². The van der Waals surface area contributed by atoms with Crippen LogP contribution in [0.1, 0.15) is 30.2 Å². The first-order valence-electron chi connectivity index (χ1n) is 8.25. The van der Waals surface area contributed by atoms with Crippen LogP contribution in [0.4, 0.5) is 0 Å². The average Bonchev–Trinajstić information content (AvgIpc) is 2.74. The number of carbonyl (C=O) groups excluding carboxylic acids is 1. The van der Waals surface area contributed by atoms with E-state index in [2.05, 4.69) is 20.5 Å². The standard InChI is InChI=1S/C16H26N4O2/c1-11-12(2)22-15(19-11)10-20-5-3-13(4-6-20)7-18-16(21)14-8-17-9-14/h13-14,17H,3-10H2,1-2H3,(H,18,21). The third-order valence-electron chi connectivity index (χ3n) is 4.86. The van der Waals surface area contributed by atoms with Crippen LogP contribution in [0.3, 0.4) is 0 Å². The number of oxazole rings is 1. The van der Waals surface area contributed by atoms with Gasteiger partial charge in [-0.1, -0.05) is 0 Å². The Hall–Kier alpha value is -1.40. The Kier molecular flexibility index (Phi) is 4.78. The molecular weight excluding hydrogens is 280 g/mol. The number of hydrogen-bond donors (Lipinski definition) is 2. The molecule has 0 aliphatic carbocycles. The molecule has 122 valence electrons. The van der Waals surface area contributed by atoms with Crippen molar-refractivity contribution in [1.29, 1.82) is 0 Å². The fraction of sp³-hybridized carbons (Fsp3) is 0.750. The number of aromatic nitrogens is 1. The van der Waals surface area contributed by atoms with Crippen molar-refractivity contribution in [3.8, 4) is 0 Å². The predicted molar refractivity (Wildman–Crippen MR) is 83.3 cm³/mol. The molecule has 0 unspecified atom stereocenters. The Morgan fingerprint density at radius 2 is 2.09 bits per heavy atom. The Bertz CT molecular complexity index is 497. The van der Waals surface area contributed by atoms with E-state index in [1.807, 2.05) is 13.8 Å². The van der Waals surface area contributed by atoms with E-state index in [9.17, 15) is 4.79 Å². The lowest BCUT2D eigenvalue weighted by atomic mass is 9.96. The van der Waals surface area contributed by atoms with Gasteiger partial charge in [0.1, 0.15) is 5.76 Å². The van der Waals surface area contributed by atoms with Gasteiger partial charge in [0.25, 0.3) is 0 Å². The second kappa shape index (κ2) is 6.79. The van der Waals surface area contributed by atoms with E-state index >= 15 is 0 Å². The normalized spacial score (nSPS) is 20.8. The molecule has 0 radical (unpaired) electrons. The van der Waals surface area contributed by atoms with Crippen LogP contribution in [0.25, 0.3) is 0 Å². The second-order valence-corrected chi connectivity index (χ2v) is 6.57. The largest absolute Gasteiger partial charge is 0.444 e. The second-order valence-electron chi connectivity index (χ2n) is 6.57. The molecule has 2 fully saturated rings. The number of nitrogens with zero attached hydrogens (tertiary/aromatic N) is 2. The maximum Gasteiger partial charge on any atom is 0.225 e. The molecule has 3 rings (SSSR count). The van der Waals surface area contributed by atoms with Gasteiger partial charge in [-0.15, -0.1) is 0 Å². The topological polar surface area (TPSA) is 70.4 Å². The van der Waals surface area contributed by atoms with Gasteiger partial charge in [-0.3, -0.25) is 9.69 Å². The summed E-state index contributed by atoms with van der Waals surface area (Å²) in [5.74, 6) is 2.74. The summed E-state index contributed by atoms with van der Waals surface area (Å²) in [6.45, 7) is 9.31. The molecule has 1 aromatic heterocycles. The highest BCUT2D eigenvalue weighted by Gasteiger charge is 2.26. The predicted octanol–water partition coefficient (Wildman–Crippen LogP) is 0.839. The van der Waals surface area contributed by atoms with E-state index in [1.165, 1.54) is 0 Å². The zero-order valence-corrected chi connectivity index (χ0v) is 13.5. The highest BCUT2D eigenvalue weighted by molar-refractivity contribution is 5.79. The summed E-state index contributed by atoms with van der Waals surface area (Å²) in [4.78, 5) is 18.7. The fourth-order valence-electron chi connectivity index (χ4n) is 3.01. The van der Waals surface area contributed by atoms with E-state index in [0.29, 0.717) is 5.92 Å². The minimum atomic E-state index is 0.191. The number of likely N-dealkylation sites (tertiary alicyclic amines) is 1. The molecule has 0 bridgehead atoms. The van der Waals surface area contributed by atoms with Crippen LogP contribution < -0.4 is 10.6 Å². The average molecular weight is 306 g/mol. The molecule has 2 saturated heterocycles. The van der Waals surface area contributed by atoms with Gasteiger partial charge in [-0.2, -0.15) is 0 Å². The van der Waals surface area contributed by atoms with Gasteiger partial charge in [0.15, 0.2) is 0 Å². The van der Waals surface area contributed by atoms with Gasteiger partial charge in [0.2, 0.25) is 11.8 Å². The zero-order valence-electron chi connectivity index (χ0n) is 13.5. The number of carbonyl (C=O) groups is 1. The van der Waals surface area contributed by atoms with Gasteiger partial charge in [0.05, 0.1) is 18.2 Å². The number of rotatable bonds is 5. The Morgan fingerprint density at radius 1 is 1.36 bits per heavy atom. The summed E-state index contributed by atoms with van der Waals surface area (Å²) < 4.78 is 5.65. The molecule has 2 aliphatic heterocycles. The summed E-state index contributed by atoms with van der Waals surface area (Å²) in [6.07, 6.45) is 2.25. The molecule has 0 atom stereocenters. The lowest BCUT2D eigenvalue weighted by Crippen LogP contribution is -2.51. The SMILES string of the molecule is Cc1nc(CN2CCC(CNC(=O)C3CNC3)CC2)oc1C. The van der Waals surface area contributed by atoms with Crippen molar-refractivity contribution in [3.05, 3.63) is 17.3 Å².